The molecule has 0 radical (unpaired) electrons. The van der Waals surface area contributed by atoms with Gasteiger partial charge >= 0.3 is 0 Å². The van der Waals surface area contributed by atoms with Gasteiger partial charge in [0.25, 0.3) is 0 Å². The summed E-state index contributed by atoms with van der Waals surface area (Å²) in [6.45, 7) is 3.26. The van der Waals surface area contributed by atoms with E-state index in [0.717, 1.165) is 15.9 Å². The summed E-state index contributed by atoms with van der Waals surface area (Å²) < 4.78 is 6.32. The van der Waals surface area contributed by atoms with E-state index in [-0.39, 0.29) is 0 Å². The number of halogens is 1. The zero-order chi connectivity index (χ0) is 12.8. The van der Waals surface area contributed by atoms with Gasteiger partial charge in [-0.2, -0.15) is 0 Å². The minimum absolute atomic E-state index is 0.623. The molecule has 2 aromatic heterocycles. The second-order valence-electron chi connectivity index (χ2n) is 3.65. The fraction of sp³-hybridized carbons (Fsp3) is 0.231. The Labute approximate surface area is 115 Å². The lowest BCUT2D eigenvalue weighted by molar-refractivity contribution is 0.326. The van der Waals surface area contributed by atoms with E-state index in [4.69, 9.17) is 4.74 Å². The van der Waals surface area contributed by atoms with Crippen molar-refractivity contribution in [2.75, 3.05) is 11.9 Å². The summed E-state index contributed by atoms with van der Waals surface area (Å²) in [6, 6.07) is 7.76. The van der Waals surface area contributed by atoms with Crippen LogP contribution < -0.4 is 10.1 Å². The van der Waals surface area contributed by atoms with Gasteiger partial charge in [0, 0.05) is 29.5 Å². The van der Waals surface area contributed by atoms with Crippen LogP contribution >= 0.6 is 15.9 Å². The SMILES string of the molecule is CCOc1cc(CNc2ccc(Br)cn2)ccn1. The highest BCUT2D eigenvalue weighted by Gasteiger charge is 1.99. The molecule has 0 fully saturated rings. The van der Waals surface area contributed by atoms with Gasteiger partial charge in [-0.3, -0.25) is 0 Å². The van der Waals surface area contributed by atoms with Gasteiger partial charge in [-0.05, 0) is 46.6 Å². The third-order valence-electron chi connectivity index (χ3n) is 2.29. The third-order valence-corrected chi connectivity index (χ3v) is 2.76. The van der Waals surface area contributed by atoms with Gasteiger partial charge in [0.1, 0.15) is 5.82 Å². The number of rotatable bonds is 5. The van der Waals surface area contributed by atoms with E-state index in [1.807, 2.05) is 31.2 Å². The highest BCUT2D eigenvalue weighted by Crippen LogP contribution is 2.13. The first-order valence-electron chi connectivity index (χ1n) is 5.71. The molecule has 0 aliphatic heterocycles. The van der Waals surface area contributed by atoms with E-state index in [1.54, 1.807) is 12.4 Å². The molecular formula is C13H14BrN3O. The third kappa shape index (κ3) is 3.70. The first-order chi connectivity index (χ1) is 8.78. The summed E-state index contributed by atoms with van der Waals surface area (Å²) in [4.78, 5) is 8.37. The zero-order valence-corrected chi connectivity index (χ0v) is 11.6. The molecule has 0 saturated carbocycles. The van der Waals surface area contributed by atoms with E-state index < -0.39 is 0 Å². The maximum Gasteiger partial charge on any atom is 0.213 e. The minimum Gasteiger partial charge on any atom is -0.478 e. The second kappa shape index (κ2) is 6.35. The Morgan fingerprint density at radius 2 is 2.17 bits per heavy atom. The van der Waals surface area contributed by atoms with Crippen molar-refractivity contribution < 1.29 is 4.74 Å². The van der Waals surface area contributed by atoms with Crippen molar-refractivity contribution in [2.45, 2.75) is 13.5 Å². The topological polar surface area (TPSA) is 47.0 Å². The Hall–Kier alpha value is -1.62. The van der Waals surface area contributed by atoms with Crippen molar-refractivity contribution >= 4 is 21.7 Å². The van der Waals surface area contributed by atoms with Crippen LogP contribution in [0.4, 0.5) is 5.82 Å². The first-order valence-corrected chi connectivity index (χ1v) is 6.50. The molecular weight excluding hydrogens is 294 g/mol. The molecule has 0 aliphatic carbocycles. The maximum absolute atomic E-state index is 5.35. The molecule has 0 aromatic carbocycles. The monoisotopic (exact) mass is 307 g/mol. The fourth-order valence-corrected chi connectivity index (χ4v) is 1.69. The van der Waals surface area contributed by atoms with Gasteiger partial charge < -0.3 is 10.1 Å². The minimum atomic E-state index is 0.623. The molecule has 5 heteroatoms. The van der Waals surface area contributed by atoms with Gasteiger partial charge in [-0.25, -0.2) is 9.97 Å². The van der Waals surface area contributed by atoms with E-state index in [0.29, 0.717) is 19.0 Å². The Balaban J connectivity index is 1.97. The van der Waals surface area contributed by atoms with Gasteiger partial charge in [0.15, 0.2) is 0 Å². The molecule has 0 aliphatic rings. The van der Waals surface area contributed by atoms with Crippen molar-refractivity contribution in [3.63, 3.8) is 0 Å². The van der Waals surface area contributed by atoms with Gasteiger partial charge in [-0.1, -0.05) is 0 Å². The lowest BCUT2D eigenvalue weighted by Crippen LogP contribution is -2.02. The van der Waals surface area contributed by atoms with Crippen LogP contribution in [-0.4, -0.2) is 16.6 Å². The quantitative estimate of drug-likeness (QED) is 0.921. The van der Waals surface area contributed by atoms with Crippen LogP contribution in [0.15, 0.2) is 41.1 Å². The van der Waals surface area contributed by atoms with E-state index >= 15 is 0 Å². The molecule has 0 bridgehead atoms. The zero-order valence-electron chi connectivity index (χ0n) is 10.1. The molecule has 2 aromatic rings. The van der Waals surface area contributed by atoms with Crippen molar-refractivity contribution in [3.05, 3.63) is 46.7 Å². The maximum atomic E-state index is 5.35. The van der Waals surface area contributed by atoms with Crippen molar-refractivity contribution in [1.82, 2.24) is 9.97 Å². The summed E-state index contributed by atoms with van der Waals surface area (Å²) in [5, 5.41) is 3.24. The van der Waals surface area contributed by atoms with Crippen LogP contribution in [0.1, 0.15) is 12.5 Å². The number of pyridine rings is 2. The molecule has 18 heavy (non-hydrogen) atoms. The summed E-state index contributed by atoms with van der Waals surface area (Å²) >= 11 is 3.35. The number of hydrogen-bond acceptors (Lipinski definition) is 4. The molecule has 0 unspecified atom stereocenters. The van der Waals surface area contributed by atoms with Crippen LogP contribution in [0.5, 0.6) is 5.88 Å². The molecule has 94 valence electrons. The standard InChI is InChI=1S/C13H14BrN3O/c1-2-18-13-7-10(5-6-15-13)8-16-12-4-3-11(14)9-17-12/h3-7,9H,2,8H2,1H3,(H,16,17). The van der Waals surface area contributed by atoms with Crippen LogP contribution in [0.2, 0.25) is 0 Å². The highest BCUT2D eigenvalue weighted by atomic mass is 79.9. The molecule has 4 nitrogen and oxygen atoms in total. The predicted octanol–water partition coefficient (Wildman–Crippen LogP) is 3.25. The number of ether oxygens (including phenoxy) is 1. The molecule has 1 N–H and O–H groups in total. The van der Waals surface area contributed by atoms with E-state index in [1.165, 1.54) is 0 Å². The van der Waals surface area contributed by atoms with Crippen molar-refractivity contribution in [3.8, 4) is 5.88 Å². The van der Waals surface area contributed by atoms with Crippen LogP contribution in [0.25, 0.3) is 0 Å². The lowest BCUT2D eigenvalue weighted by atomic mass is 10.2. The summed E-state index contributed by atoms with van der Waals surface area (Å²) in [6.07, 6.45) is 3.51. The largest absolute Gasteiger partial charge is 0.478 e. The summed E-state index contributed by atoms with van der Waals surface area (Å²) in [5.41, 5.74) is 1.11. The van der Waals surface area contributed by atoms with Crippen LogP contribution in [0.3, 0.4) is 0 Å². The average molecular weight is 308 g/mol. The Morgan fingerprint density at radius 3 is 2.89 bits per heavy atom. The first kappa shape index (κ1) is 12.8. The van der Waals surface area contributed by atoms with Gasteiger partial charge in [0.05, 0.1) is 6.61 Å². The number of hydrogen-bond donors (Lipinski definition) is 1. The molecule has 0 atom stereocenters. The predicted molar refractivity (Wildman–Crippen MR) is 74.7 cm³/mol. The summed E-state index contributed by atoms with van der Waals surface area (Å²) in [5.74, 6) is 1.49. The van der Waals surface area contributed by atoms with Gasteiger partial charge in [0.2, 0.25) is 5.88 Å². The number of nitrogens with one attached hydrogen (secondary N) is 1. The lowest BCUT2D eigenvalue weighted by Gasteiger charge is -2.07. The van der Waals surface area contributed by atoms with Gasteiger partial charge in [-0.15, -0.1) is 0 Å². The van der Waals surface area contributed by atoms with Crippen molar-refractivity contribution in [1.29, 1.82) is 0 Å². The van der Waals surface area contributed by atoms with Crippen molar-refractivity contribution in [2.24, 2.45) is 0 Å². The normalized spacial score (nSPS) is 10.1. The van der Waals surface area contributed by atoms with E-state index in [9.17, 15) is 0 Å². The molecule has 0 amide bonds. The Bertz CT molecular complexity index is 502. The molecule has 2 rings (SSSR count). The molecule has 2 heterocycles. The molecule has 0 saturated heterocycles. The number of nitrogens with zero attached hydrogens (tertiary/aromatic N) is 2. The fourth-order valence-electron chi connectivity index (χ4n) is 1.46. The average Bonchev–Trinajstić information content (AvgIpc) is 2.39. The summed E-state index contributed by atoms with van der Waals surface area (Å²) in [7, 11) is 0. The smallest absolute Gasteiger partial charge is 0.213 e. The second-order valence-corrected chi connectivity index (χ2v) is 4.57. The Morgan fingerprint density at radius 1 is 1.28 bits per heavy atom. The Kier molecular flexibility index (Phi) is 4.52. The van der Waals surface area contributed by atoms with Crippen LogP contribution in [-0.2, 0) is 6.54 Å². The number of aromatic nitrogens is 2. The van der Waals surface area contributed by atoms with Crippen LogP contribution in [0, 0.1) is 0 Å². The number of anilines is 1. The molecule has 0 spiro atoms. The highest BCUT2D eigenvalue weighted by molar-refractivity contribution is 9.10. The van der Waals surface area contributed by atoms with E-state index in [2.05, 4.69) is 31.2 Å².